The summed E-state index contributed by atoms with van der Waals surface area (Å²) >= 11 is 0. The van der Waals surface area contributed by atoms with Crippen molar-refractivity contribution in [2.45, 2.75) is 0 Å². The number of fused-ring (bicyclic) bond motifs is 6. The maximum absolute atomic E-state index is 9.91. The van der Waals surface area contributed by atoms with E-state index in [9.17, 15) is 10.5 Å². The Hall–Kier alpha value is -6.10. The molecule has 8 aromatic rings. The minimum absolute atomic E-state index is 0.368. The van der Waals surface area contributed by atoms with Gasteiger partial charge in [-0.05, 0) is 60.2 Å². The third kappa shape index (κ3) is 3.40. The van der Waals surface area contributed by atoms with Crippen LogP contribution in [0.1, 0.15) is 11.1 Å². The number of hydrogen-bond acceptors (Lipinski definition) is 2. The predicted octanol–water partition coefficient (Wildman–Crippen LogP) is 9.29. The molecule has 4 nitrogen and oxygen atoms in total. The van der Waals surface area contributed by atoms with Crippen molar-refractivity contribution in [2.75, 3.05) is 0 Å². The zero-order chi connectivity index (χ0) is 28.2. The molecule has 0 unspecified atom stereocenters. The fourth-order valence-electron chi connectivity index (χ4n) is 6.38. The first kappa shape index (κ1) is 23.8. The van der Waals surface area contributed by atoms with E-state index in [-0.39, 0.29) is 0 Å². The van der Waals surface area contributed by atoms with E-state index in [0.717, 1.165) is 55.3 Å². The minimum Gasteiger partial charge on any atom is -0.309 e. The van der Waals surface area contributed by atoms with Crippen LogP contribution in [0.2, 0.25) is 0 Å². The largest absolute Gasteiger partial charge is 0.309 e. The fraction of sp³-hybridized carbons (Fsp3) is 0. The zero-order valence-electron chi connectivity index (χ0n) is 22.5. The van der Waals surface area contributed by atoms with Gasteiger partial charge in [-0.1, -0.05) is 78.9 Å². The Morgan fingerprint density at radius 3 is 1.60 bits per heavy atom. The molecule has 0 bridgehead atoms. The van der Waals surface area contributed by atoms with Crippen LogP contribution in [-0.4, -0.2) is 9.13 Å². The molecule has 0 aliphatic carbocycles. The highest BCUT2D eigenvalue weighted by molar-refractivity contribution is 6.16. The molecule has 0 spiro atoms. The minimum atomic E-state index is 0.368. The summed E-state index contributed by atoms with van der Waals surface area (Å²) in [5.41, 5.74) is 9.14. The number of para-hydroxylation sites is 4. The van der Waals surface area contributed by atoms with Crippen molar-refractivity contribution in [1.82, 2.24) is 9.13 Å². The molecule has 0 atom stereocenters. The van der Waals surface area contributed by atoms with E-state index in [1.807, 2.05) is 18.2 Å². The van der Waals surface area contributed by atoms with E-state index < -0.39 is 0 Å². The van der Waals surface area contributed by atoms with E-state index in [1.54, 1.807) is 6.07 Å². The van der Waals surface area contributed by atoms with E-state index in [4.69, 9.17) is 0 Å². The molecule has 6 aromatic carbocycles. The van der Waals surface area contributed by atoms with Crippen LogP contribution >= 0.6 is 0 Å². The highest BCUT2D eigenvalue weighted by Crippen LogP contribution is 2.42. The van der Waals surface area contributed by atoms with Gasteiger partial charge < -0.3 is 9.13 Å². The number of rotatable bonds is 3. The summed E-state index contributed by atoms with van der Waals surface area (Å²) in [5.74, 6) is 0. The van der Waals surface area contributed by atoms with Crippen molar-refractivity contribution < 1.29 is 0 Å². The number of benzene rings is 6. The predicted molar refractivity (Wildman–Crippen MR) is 170 cm³/mol. The van der Waals surface area contributed by atoms with Gasteiger partial charge in [0.2, 0.25) is 0 Å². The zero-order valence-corrected chi connectivity index (χ0v) is 22.5. The van der Waals surface area contributed by atoms with Gasteiger partial charge in [0.05, 0.1) is 33.2 Å². The maximum Gasteiger partial charge on any atom is 0.101 e. The first-order valence-electron chi connectivity index (χ1n) is 13.8. The summed E-state index contributed by atoms with van der Waals surface area (Å²) in [6.45, 7) is 0. The van der Waals surface area contributed by atoms with Crippen LogP contribution in [-0.2, 0) is 0 Å². The SMILES string of the molecule is N#Cc1ccc(-c2cc(-n3c4ccccc4c4ccccc43)cc3c4ccccc4n(-c4ccccc4)c23)cc1C#N. The molecular weight excluding hydrogens is 512 g/mol. The van der Waals surface area contributed by atoms with Gasteiger partial charge in [0.15, 0.2) is 0 Å². The Morgan fingerprint density at radius 2 is 0.976 bits per heavy atom. The Bertz CT molecular complexity index is 2380. The number of aromatic nitrogens is 2. The average molecular weight is 535 g/mol. The molecule has 0 N–H and O–H groups in total. The molecule has 0 aliphatic rings. The molecule has 42 heavy (non-hydrogen) atoms. The quantitative estimate of drug-likeness (QED) is 0.227. The van der Waals surface area contributed by atoms with Crippen LogP contribution in [0, 0.1) is 22.7 Å². The molecule has 0 radical (unpaired) electrons. The Morgan fingerprint density at radius 1 is 0.429 bits per heavy atom. The summed E-state index contributed by atoms with van der Waals surface area (Å²) < 4.78 is 4.64. The van der Waals surface area contributed by atoms with Gasteiger partial charge in [0.1, 0.15) is 12.1 Å². The Kier molecular flexibility index (Phi) is 5.22. The van der Waals surface area contributed by atoms with Crippen LogP contribution in [0.4, 0.5) is 0 Å². The van der Waals surface area contributed by atoms with Crippen molar-refractivity contribution in [3.8, 4) is 34.6 Å². The summed E-state index contributed by atoms with van der Waals surface area (Å²) in [6, 6.07) is 50.3. The molecule has 8 rings (SSSR count). The van der Waals surface area contributed by atoms with Gasteiger partial charge in [-0.3, -0.25) is 0 Å². The van der Waals surface area contributed by atoms with Gasteiger partial charge >= 0.3 is 0 Å². The fourth-order valence-corrected chi connectivity index (χ4v) is 6.38. The standard InChI is InChI=1S/C38H22N4/c39-23-26-19-18-25(20-27(26)24-40)33-21-29(41-35-15-7-4-12-30(35)31-13-5-8-16-36(31)41)22-34-32-14-6-9-17-37(32)42(38(33)34)28-10-2-1-3-11-28/h1-22H. The lowest BCUT2D eigenvalue weighted by Crippen LogP contribution is -1.99. The van der Waals surface area contributed by atoms with Crippen molar-refractivity contribution in [2.24, 2.45) is 0 Å². The number of nitrogens with zero attached hydrogens (tertiary/aromatic N) is 4. The van der Waals surface area contributed by atoms with E-state index in [0.29, 0.717) is 11.1 Å². The molecule has 2 aromatic heterocycles. The van der Waals surface area contributed by atoms with Crippen molar-refractivity contribution in [3.05, 3.63) is 145 Å². The molecule has 0 amide bonds. The Labute approximate surface area is 242 Å². The second-order valence-electron chi connectivity index (χ2n) is 10.4. The molecular formula is C38H22N4. The summed E-state index contributed by atoms with van der Waals surface area (Å²) in [6.07, 6.45) is 0. The van der Waals surface area contributed by atoms with Crippen molar-refractivity contribution >= 4 is 43.6 Å². The summed E-state index contributed by atoms with van der Waals surface area (Å²) in [5, 5.41) is 24.2. The van der Waals surface area contributed by atoms with Crippen LogP contribution < -0.4 is 0 Å². The maximum atomic E-state index is 9.91. The highest BCUT2D eigenvalue weighted by Gasteiger charge is 2.20. The van der Waals surface area contributed by atoms with Crippen LogP contribution in [0.3, 0.4) is 0 Å². The molecule has 194 valence electrons. The van der Waals surface area contributed by atoms with Gasteiger partial charge in [-0.15, -0.1) is 0 Å². The van der Waals surface area contributed by atoms with Gasteiger partial charge in [0, 0.05) is 38.5 Å². The highest BCUT2D eigenvalue weighted by atomic mass is 15.0. The Balaban J connectivity index is 1.57. The molecule has 0 aliphatic heterocycles. The van der Waals surface area contributed by atoms with E-state index in [1.165, 1.54) is 10.8 Å². The molecule has 2 heterocycles. The lowest BCUT2D eigenvalue weighted by molar-refractivity contribution is 1.17. The van der Waals surface area contributed by atoms with Crippen LogP contribution in [0.25, 0.3) is 66.1 Å². The smallest absolute Gasteiger partial charge is 0.101 e. The topological polar surface area (TPSA) is 57.4 Å². The monoisotopic (exact) mass is 534 g/mol. The third-order valence-electron chi connectivity index (χ3n) is 8.18. The van der Waals surface area contributed by atoms with Crippen molar-refractivity contribution in [3.63, 3.8) is 0 Å². The molecule has 0 saturated carbocycles. The van der Waals surface area contributed by atoms with E-state index in [2.05, 4.69) is 130 Å². The second kappa shape index (κ2) is 9.24. The first-order valence-corrected chi connectivity index (χ1v) is 13.8. The van der Waals surface area contributed by atoms with Crippen molar-refractivity contribution in [1.29, 1.82) is 10.5 Å². The summed E-state index contributed by atoms with van der Waals surface area (Å²) in [7, 11) is 0. The molecule has 0 saturated heterocycles. The van der Waals surface area contributed by atoms with Gasteiger partial charge in [0.25, 0.3) is 0 Å². The van der Waals surface area contributed by atoms with Gasteiger partial charge in [-0.25, -0.2) is 0 Å². The lowest BCUT2D eigenvalue weighted by atomic mass is 9.97. The molecule has 4 heteroatoms. The lowest BCUT2D eigenvalue weighted by Gasteiger charge is -2.15. The van der Waals surface area contributed by atoms with E-state index >= 15 is 0 Å². The average Bonchev–Trinajstić information content (AvgIpc) is 3.57. The number of hydrogen-bond donors (Lipinski definition) is 0. The summed E-state index contributed by atoms with van der Waals surface area (Å²) in [4.78, 5) is 0. The normalized spacial score (nSPS) is 11.3. The van der Waals surface area contributed by atoms with Crippen LogP contribution in [0.5, 0.6) is 0 Å². The second-order valence-corrected chi connectivity index (χ2v) is 10.4. The number of nitriles is 2. The van der Waals surface area contributed by atoms with Gasteiger partial charge in [-0.2, -0.15) is 10.5 Å². The first-order chi connectivity index (χ1) is 20.8. The third-order valence-corrected chi connectivity index (χ3v) is 8.18. The molecule has 0 fully saturated rings. The van der Waals surface area contributed by atoms with Crippen LogP contribution in [0.15, 0.2) is 133 Å².